The summed E-state index contributed by atoms with van der Waals surface area (Å²) in [6, 6.07) is 0. The Balaban J connectivity index is 2.11. The van der Waals surface area contributed by atoms with E-state index < -0.39 is 15.2 Å². The highest BCUT2D eigenvalue weighted by Crippen LogP contribution is 2.39. The monoisotopic (exact) mass is 319 g/mol. The maximum Gasteiger partial charge on any atom is 0.164 e. The molecular formula is C14H25NO3S2. The van der Waals surface area contributed by atoms with E-state index in [0.717, 1.165) is 44.3 Å². The van der Waals surface area contributed by atoms with E-state index in [1.807, 2.05) is 4.90 Å². The summed E-state index contributed by atoms with van der Waals surface area (Å²) in [5, 5.41) is -0.419. The van der Waals surface area contributed by atoms with E-state index in [1.54, 1.807) is 11.8 Å². The quantitative estimate of drug-likeness (QED) is 0.740. The van der Waals surface area contributed by atoms with Crippen molar-refractivity contribution in [1.29, 1.82) is 0 Å². The van der Waals surface area contributed by atoms with E-state index in [1.165, 1.54) is 6.26 Å². The number of thioether (sulfide) groups is 1. The van der Waals surface area contributed by atoms with Crippen molar-refractivity contribution in [3.8, 4) is 0 Å². The van der Waals surface area contributed by atoms with Gasteiger partial charge in [0.05, 0.1) is 0 Å². The second-order valence-corrected chi connectivity index (χ2v) is 9.85. The van der Waals surface area contributed by atoms with Gasteiger partial charge < -0.3 is 4.79 Å². The van der Waals surface area contributed by atoms with Crippen LogP contribution < -0.4 is 0 Å². The van der Waals surface area contributed by atoms with Crippen molar-refractivity contribution in [3.63, 3.8) is 0 Å². The number of carbonyl (C=O) groups is 1. The standard InChI is InChI=1S/C14H25NO3S2/c1-12-3-5-14(11-16,6-4-12)10-15-7-8-19-9-13(15)20(2,17)18/h11-13H,3-10H2,1-2H3. The van der Waals surface area contributed by atoms with E-state index >= 15 is 0 Å². The van der Waals surface area contributed by atoms with Gasteiger partial charge in [0.1, 0.15) is 11.7 Å². The van der Waals surface area contributed by atoms with Crippen LogP contribution in [0.1, 0.15) is 32.6 Å². The molecule has 1 atom stereocenters. The van der Waals surface area contributed by atoms with Gasteiger partial charge in [-0.15, -0.1) is 0 Å². The molecule has 1 saturated carbocycles. The van der Waals surface area contributed by atoms with Crippen molar-refractivity contribution in [2.75, 3.05) is 30.9 Å². The Bertz CT molecular complexity index is 441. The average molecular weight is 319 g/mol. The fourth-order valence-corrected chi connectivity index (χ4v) is 6.19. The van der Waals surface area contributed by atoms with E-state index in [4.69, 9.17) is 0 Å². The Morgan fingerprint density at radius 3 is 2.55 bits per heavy atom. The second-order valence-electron chi connectivity index (χ2n) is 6.49. The van der Waals surface area contributed by atoms with Crippen molar-refractivity contribution >= 4 is 27.9 Å². The van der Waals surface area contributed by atoms with Crippen molar-refractivity contribution < 1.29 is 13.2 Å². The molecule has 0 radical (unpaired) electrons. The molecular weight excluding hydrogens is 294 g/mol. The molecule has 1 aliphatic carbocycles. The predicted molar refractivity (Wildman–Crippen MR) is 83.7 cm³/mol. The molecule has 1 heterocycles. The van der Waals surface area contributed by atoms with Crippen molar-refractivity contribution in [1.82, 2.24) is 4.90 Å². The molecule has 1 saturated heterocycles. The molecule has 20 heavy (non-hydrogen) atoms. The maximum atomic E-state index is 11.9. The molecule has 0 aromatic carbocycles. The van der Waals surface area contributed by atoms with Crippen molar-refractivity contribution in [2.24, 2.45) is 11.3 Å². The number of nitrogens with zero attached hydrogens (tertiary/aromatic N) is 1. The first-order valence-corrected chi connectivity index (χ1v) is 10.4. The Labute approximate surface area is 126 Å². The molecule has 0 bridgehead atoms. The van der Waals surface area contributed by atoms with Crippen LogP contribution in [0.25, 0.3) is 0 Å². The van der Waals surface area contributed by atoms with Gasteiger partial charge in [-0.2, -0.15) is 11.8 Å². The van der Waals surface area contributed by atoms with Gasteiger partial charge in [0.25, 0.3) is 0 Å². The lowest BCUT2D eigenvalue weighted by atomic mass is 9.71. The zero-order valence-corrected chi connectivity index (χ0v) is 14.0. The first-order chi connectivity index (χ1) is 9.36. The van der Waals surface area contributed by atoms with Crippen molar-refractivity contribution in [2.45, 2.75) is 38.0 Å². The van der Waals surface area contributed by atoms with Crippen LogP contribution in [0.15, 0.2) is 0 Å². The number of aldehydes is 1. The maximum absolute atomic E-state index is 11.9. The van der Waals surface area contributed by atoms with E-state index in [0.29, 0.717) is 18.2 Å². The lowest BCUT2D eigenvalue weighted by Gasteiger charge is -2.42. The summed E-state index contributed by atoms with van der Waals surface area (Å²) in [5.74, 6) is 2.27. The molecule has 0 N–H and O–H groups in total. The molecule has 2 aliphatic rings. The number of rotatable bonds is 4. The Hall–Kier alpha value is -0.0700. The Morgan fingerprint density at radius 1 is 1.35 bits per heavy atom. The summed E-state index contributed by atoms with van der Waals surface area (Å²) in [7, 11) is -3.08. The van der Waals surface area contributed by atoms with Gasteiger partial charge in [-0.25, -0.2) is 8.42 Å². The number of sulfone groups is 1. The van der Waals surface area contributed by atoms with Gasteiger partial charge in [-0.1, -0.05) is 6.92 Å². The SMILES string of the molecule is CC1CCC(C=O)(CN2CCSCC2S(C)(=O)=O)CC1. The van der Waals surface area contributed by atoms with Gasteiger partial charge in [0.2, 0.25) is 0 Å². The van der Waals surface area contributed by atoms with Gasteiger partial charge in [0.15, 0.2) is 9.84 Å². The molecule has 0 aromatic rings. The highest BCUT2D eigenvalue weighted by atomic mass is 32.2. The van der Waals surface area contributed by atoms with Crippen LogP contribution in [-0.2, 0) is 14.6 Å². The molecule has 0 spiro atoms. The van der Waals surface area contributed by atoms with Crippen molar-refractivity contribution in [3.05, 3.63) is 0 Å². The molecule has 6 heteroatoms. The molecule has 2 rings (SSSR count). The molecule has 4 nitrogen and oxygen atoms in total. The van der Waals surface area contributed by atoms with Crippen LogP contribution in [0.4, 0.5) is 0 Å². The molecule has 1 unspecified atom stereocenters. The minimum Gasteiger partial charge on any atom is -0.303 e. The highest BCUT2D eigenvalue weighted by Gasteiger charge is 2.40. The fourth-order valence-electron chi connectivity index (χ4n) is 3.25. The van der Waals surface area contributed by atoms with Gasteiger partial charge >= 0.3 is 0 Å². The lowest BCUT2D eigenvalue weighted by Crippen LogP contribution is -2.52. The largest absolute Gasteiger partial charge is 0.303 e. The summed E-state index contributed by atoms with van der Waals surface area (Å²) in [6.07, 6.45) is 6.36. The van der Waals surface area contributed by atoms with Crippen LogP contribution in [0, 0.1) is 11.3 Å². The zero-order chi connectivity index (χ0) is 14.8. The van der Waals surface area contributed by atoms with Crippen LogP contribution in [0.3, 0.4) is 0 Å². The number of carbonyl (C=O) groups excluding carboxylic acids is 1. The third kappa shape index (κ3) is 3.77. The Morgan fingerprint density at radius 2 is 2.00 bits per heavy atom. The minimum atomic E-state index is -3.08. The lowest BCUT2D eigenvalue weighted by molar-refractivity contribution is -0.119. The Kier molecular flexibility index (Phi) is 5.19. The minimum absolute atomic E-state index is 0.322. The smallest absolute Gasteiger partial charge is 0.164 e. The summed E-state index contributed by atoms with van der Waals surface area (Å²) in [6.45, 7) is 3.61. The molecule has 2 fully saturated rings. The fraction of sp³-hybridized carbons (Fsp3) is 0.929. The third-order valence-electron chi connectivity index (χ3n) is 4.72. The topological polar surface area (TPSA) is 54.5 Å². The predicted octanol–water partition coefficient (Wildman–Crippen LogP) is 1.80. The zero-order valence-electron chi connectivity index (χ0n) is 12.4. The molecule has 1 aliphatic heterocycles. The van der Waals surface area contributed by atoms with Crippen LogP contribution >= 0.6 is 11.8 Å². The molecule has 116 valence electrons. The first kappa shape index (κ1) is 16.3. The van der Waals surface area contributed by atoms with Gasteiger partial charge in [-0.3, -0.25) is 4.90 Å². The summed E-state index contributed by atoms with van der Waals surface area (Å²) in [4.78, 5) is 13.7. The van der Waals surface area contributed by atoms with Gasteiger partial charge in [0, 0.05) is 36.3 Å². The average Bonchev–Trinajstić information content (AvgIpc) is 2.41. The highest BCUT2D eigenvalue weighted by molar-refractivity contribution is 8.00. The first-order valence-electron chi connectivity index (χ1n) is 7.33. The number of hydrogen-bond donors (Lipinski definition) is 0. The second kappa shape index (κ2) is 6.36. The normalized spacial score (nSPS) is 36.7. The summed E-state index contributed by atoms with van der Waals surface area (Å²) < 4.78 is 23.9. The van der Waals surface area contributed by atoms with E-state index in [9.17, 15) is 13.2 Å². The molecule has 0 aromatic heterocycles. The molecule has 0 amide bonds. The third-order valence-corrected chi connectivity index (χ3v) is 7.41. The van der Waals surface area contributed by atoms with Crippen LogP contribution in [0.5, 0.6) is 0 Å². The summed E-state index contributed by atoms with van der Waals surface area (Å²) in [5.41, 5.74) is -0.322. The van der Waals surface area contributed by atoms with Crippen LogP contribution in [-0.4, -0.2) is 55.8 Å². The van der Waals surface area contributed by atoms with E-state index in [-0.39, 0.29) is 5.41 Å². The van der Waals surface area contributed by atoms with Crippen LogP contribution in [0.2, 0.25) is 0 Å². The van der Waals surface area contributed by atoms with Gasteiger partial charge in [-0.05, 0) is 31.6 Å². The summed E-state index contributed by atoms with van der Waals surface area (Å²) >= 11 is 1.69. The number of hydrogen-bond acceptors (Lipinski definition) is 5. The van der Waals surface area contributed by atoms with E-state index in [2.05, 4.69) is 6.92 Å².